The number of nitrogens with one attached hydrogen (secondary N) is 1. The Morgan fingerprint density at radius 1 is 1.03 bits per heavy atom. The number of aliphatic hydroxyl groups is 1. The van der Waals surface area contributed by atoms with E-state index in [4.69, 9.17) is 23.2 Å². The van der Waals surface area contributed by atoms with E-state index in [-0.39, 0.29) is 20.4 Å². The fraction of sp³-hybridized carbons (Fsp3) is 0.208. The van der Waals surface area contributed by atoms with Crippen molar-refractivity contribution in [3.05, 3.63) is 93.5 Å². The predicted molar refractivity (Wildman–Crippen MR) is 128 cm³/mol. The molecule has 3 aromatic rings. The van der Waals surface area contributed by atoms with E-state index in [1.54, 1.807) is 30.3 Å². The fourth-order valence-corrected chi connectivity index (χ4v) is 5.02. The van der Waals surface area contributed by atoms with Crippen LogP contribution in [-0.2, 0) is 21.0 Å². The molecule has 174 valence electrons. The number of benzene rings is 3. The third-order valence-electron chi connectivity index (χ3n) is 5.05. The number of hydrogen-bond acceptors (Lipinski definition) is 6. The summed E-state index contributed by atoms with van der Waals surface area (Å²) in [5, 5.41) is 14.0. The molecule has 0 bridgehead atoms. The first-order valence-electron chi connectivity index (χ1n) is 10.1. The van der Waals surface area contributed by atoms with Crippen molar-refractivity contribution in [3.8, 4) is 0 Å². The Hall–Kier alpha value is -2.42. The number of aliphatic hydroxyl groups excluding tert-OH is 1. The minimum absolute atomic E-state index is 0.00517. The number of methoxy groups -OCH3 is 1. The molecule has 3 rings (SSSR count). The zero-order valence-electron chi connectivity index (χ0n) is 17.8. The molecule has 0 aliphatic rings. The topological polar surface area (TPSA) is 92.7 Å². The maximum atomic E-state index is 12.9. The third-order valence-corrected chi connectivity index (χ3v) is 7.37. The second-order valence-electron chi connectivity index (χ2n) is 7.31. The summed E-state index contributed by atoms with van der Waals surface area (Å²) in [7, 11) is -2.57. The van der Waals surface area contributed by atoms with E-state index in [9.17, 15) is 18.3 Å². The third kappa shape index (κ3) is 6.34. The molecule has 0 spiro atoms. The van der Waals surface area contributed by atoms with Crippen LogP contribution in [0.5, 0.6) is 0 Å². The molecular weight excluding hydrogens is 485 g/mol. The smallest absolute Gasteiger partial charge is 0.339 e. The minimum atomic E-state index is -3.79. The molecule has 0 unspecified atom stereocenters. The summed E-state index contributed by atoms with van der Waals surface area (Å²) in [6.07, 6.45) is -0.0176. The molecule has 0 radical (unpaired) electrons. The number of carbonyl (C=O) groups is 1. The SMILES string of the molecule is COC(=O)c1ccc(S(=O)(=O)c2ccc(CCNC[C@H](O)c3cccc(Cl)c3)cc2)cc1Cl. The molecule has 0 aliphatic heterocycles. The Morgan fingerprint density at radius 2 is 1.73 bits per heavy atom. The summed E-state index contributed by atoms with van der Waals surface area (Å²) in [6.45, 7) is 0.976. The lowest BCUT2D eigenvalue weighted by Crippen LogP contribution is -2.23. The van der Waals surface area contributed by atoms with Gasteiger partial charge in [-0.15, -0.1) is 0 Å². The zero-order chi connectivity index (χ0) is 24.0. The van der Waals surface area contributed by atoms with E-state index < -0.39 is 21.9 Å². The fourth-order valence-electron chi connectivity index (χ4n) is 3.21. The molecule has 0 fully saturated rings. The van der Waals surface area contributed by atoms with Crippen LogP contribution in [0.15, 0.2) is 76.5 Å². The van der Waals surface area contributed by atoms with Crippen molar-refractivity contribution in [3.63, 3.8) is 0 Å². The summed E-state index contributed by atoms with van der Waals surface area (Å²) in [5.41, 5.74) is 1.78. The largest absolute Gasteiger partial charge is 0.465 e. The van der Waals surface area contributed by atoms with Gasteiger partial charge in [-0.25, -0.2) is 13.2 Å². The van der Waals surface area contributed by atoms with Crippen LogP contribution in [0, 0.1) is 0 Å². The van der Waals surface area contributed by atoms with Crippen LogP contribution >= 0.6 is 23.2 Å². The Kier molecular flexibility index (Phi) is 8.51. The van der Waals surface area contributed by atoms with Crippen molar-refractivity contribution < 1.29 is 23.1 Å². The first-order chi connectivity index (χ1) is 15.7. The highest BCUT2D eigenvalue weighted by Gasteiger charge is 2.20. The molecule has 0 saturated carbocycles. The van der Waals surface area contributed by atoms with Crippen LogP contribution in [0.4, 0.5) is 0 Å². The quantitative estimate of drug-likeness (QED) is 0.327. The van der Waals surface area contributed by atoms with Gasteiger partial charge in [0.1, 0.15) is 0 Å². The van der Waals surface area contributed by atoms with Crippen molar-refractivity contribution in [1.82, 2.24) is 5.32 Å². The van der Waals surface area contributed by atoms with Gasteiger partial charge < -0.3 is 15.2 Å². The lowest BCUT2D eigenvalue weighted by molar-refractivity contribution is 0.0601. The maximum Gasteiger partial charge on any atom is 0.339 e. The summed E-state index contributed by atoms with van der Waals surface area (Å²) in [4.78, 5) is 11.8. The van der Waals surface area contributed by atoms with Crippen LogP contribution < -0.4 is 5.32 Å². The molecule has 0 heterocycles. The van der Waals surface area contributed by atoms with Gasteiger partial charge in [0.05, 0.1) is 33.6 Å². The Bertz CT molecular complexity index is 1230. The van der Waals surface area contributed by atoms with Crippen molar-refractivity contribution in [1.29, 1.82) is 0 Å². The molecule has 6 nitrogen and oxygen atoms in total. The Labute approximate surface area is 203 Å². The molecule has 0 saturated heterocycles. The maximum absolute atomic E-state index is 12.9. The van der Waals surface area contributed by atoms with Crippen LogP contribution in [-0.4, -0.2) is 39.7 Å². The van der Waals surface area contributed by atoms with Crippen LogP contribution in [0.2, 0.25) is 10.0 Å². The number of rotatable bonds is 9. The number of esters is 1. The Morgan fingerprint density at radius 3 is 2.36 bits per heavy atom. The molecule has 33 heavy (non-hydrogen) atoms. The first kappa shape index (κ1) is 25.2. The van der Waals surface area contributed by atoms with Gasteiger partial charge in [-0.05, 0) is 66.6 Å². The predicted octanol–water partition coefficient (Wildman–Crippen LogP) is 4.48. The molecule has 0 aliphatic carbocycles. The van der Waals surface area contributed by atoms with Gasteiger partial charge in [0, 0.05) is 11.6 Å². The number of ether oxygens (including phenoxy) is 1. The minimum Gasteiger partial charge on any atom is -0.465 e. The molecule has 0 aromatic heterocycles. The summed E-state index contributed by atoms with van der Waals surface area (Å²) < 4.78 is 30.5. The van der Waals surface area contributed by atoms with Crippen LogP contribution in [0.3, 0.4) is 0 Å². The number of hydrogen-bond donors (Lipinski definition) is 2. The summed E-state index contributed by atoms with van der Waals surface area (Å²) in [5.74, 6) is -0.637. The van der Waals surface area contributed by atoms with Crippen molar-refractivity contribution in [2.24, 2.45) is 0 Å². The highest BCUT2D eigenvalue weighted by molar-refractivity contribution is 7.91. The van der Waals surface area contributed by atoms with Crippen molar-refractivity contribution >= 4 is 39.0 Å². The number of halogens is 2. The van der Waals surface area contributed by atoms with Gasteiger partial charge in [0.15, 0.2) is 0 Å². The van der Waals surface area contributed by atoms with Crippen LogP contribution in [0.25, 0.3) is 0 Å². The van der Waals surface area contributed by atoms with E-state index in [1.807, 2.05) is 6.07 Å². The summed E-state index contributed by atoms with van der Waals surface area (Å²) in [6, 6.07) is 17.5. The van der Waals surface area contributed by atoms with E-state index in [0.29, 0.717) is 24.5 Å². The number of sulfone groups is 1. The standard InChI is InChI=1S/C24H23Cl2NO5S/c1-32-24(29)21-10-9-20(14-22(21)26)33(30,31)19-7-5-16(6-8-19)11-12-27-15-23(28)17-3-2-4-18(25)13-17/h2-10,13-14,23,27-28H,11-12,15H2,1H3/t23-/m0/s1. The highest BCUT2D eigenvalue weighted by atomic mass is 35.5. The van der Waals surface area contributed by atoms with E-state index in [1.165, 1.54) is 37.4 Å². The molecule has 3 aromatic carbocycles. The van der Waals surface area contributed by atoms with E-state index >= 15 is 0 Å². The van der Waals surface area contributed by atoms with E-state index in [0.717, 1.165) is 11.1 Å². The van der Waals surface area contributed by atoms with Crippen molar-refractivity contribution in [2.45, 2.75) is 22.3 Å². The van der Waals surface area contributed by atoms with Gasteiger partial charge in [-0.2, -0.15) is 0 Å². The monoisotopic (exact) mass is 507 g/mol. The lowest BCUT2D eigenvalue weighted by atomic mass is 10.1. The van der Waals surface area contributed by atoms with Gasteiger partial charge in [-0.3, -0.25) is 0 Å². The van der Waals surface area contributed by atoms with E-state index in [2.05, 4.69) is 10.1 Å². The van der Waals surface area contributed by atoms with Gasteiger partial charge in [0.25, 0.3) is 0 Å². The average Bonchev–Trinajstić information content (AvgIpc) is 2.81. The second-order valence-corrected chi connectivity index (χ2v) is 10.1. The van der Waals surface area contributed by atoms with Gasteiger partial charge >= 0.3 is 5.97 Å². The molecular formula is C24H23Cl2NO5S. The molecule has 1 atom stereocenters. The van der Waals surface area contributed by atoms with Gasteiger partial charge in [-0.1, -0.05) is 47.5 Å². The van der Waals surface area contributed by atoms with Gasteiger partial charge in [0.2, 0.25) is 9.84 Å². The molecule has 9 heteroatoms. The normalized spacial score (nSPS) is 12.4. The molecule has 2 N–H and O–H groups in total. The number of carbonyl (C=O) groups excluding carboxylic acids is 1. The molecule has 0 amide bonds. The highest BCUT2D eigenvalue weighted by Crippen LogP contribution is 2.26. The van der Waals surface area contributed by atoms with Crippen molar-refractivity contribution in [2.75, 3.05) is 20.2 Å². The van der Waals surface area contributed by atoms with Crippen LogP contribution in [0.1, 0.15) is 27.6 Å². The average molecular weight is 508 g/mol. The summed E-state index contributed by atoms with van der Waals surface area (Å²) >= 11 is 12.0. The Balaban J connectivity index is 1.59. The second kappa shape index (κ2) is 11.1. The lowest BCUT2D eigenvalue weighted by Gasteiger charge is -2.13. The zero-order valence-corrected chi connectivity index (χ0v) is 20.1. The first-order valence-corrected chi connectivity index (χ1v) is 12.3.